The number of carbonyl (C=O) groups is 1. The molecule has 0 aliphatic carbocycles. The molecule has 4 nitrogen and oxygen atoms in total. The quantitative estimate of drug-likeness (QED) is 0.735. The molecule has 24 heavy (non-hydrogen) atoms. The smallest absolute Gasteiger partial charge is 0.262 e. The molecule has 1 amide bonds. The van der Waals surface area contributed by atoms with Crippen molar-refractivity contribution < 1.29 is 9.53 Å². The lowest BCUT2D eigenvalue weighted by molar-refractivity contribution is -0.135. The second kappa shape index (κ2) is 6.71. The molecule has 0 bridgehead atoms. The van der Waals surface area contributed by atoms with Crippen LogP contribution in [0.4, 0.5) is 0 Å². The third-order valence-corrected chi connectivity index (χ3v) is 3.93. The summed E-state index contributed by atoms with van der Waals surface area (Å²) >= 11 is 0. The number of hydrogen-bond donors (Lipinski definition) is 0. The van der Waals surface area contributed by atoms with E-state index in [0.717, 1.165) is 21.9 Å². The van der Waals surface area contributed by atoms with Crippen molar-refractivity contribution in [2.45, 2.75) is 13.0 Å². The molecule has 0 saturated carbocycles. The predicted molar refractivity (Wildman–Crippen MR) is 96.0 cm³/mol. The second-order valence-corrected chi connectivity index (χ2v) is 5.92. The number of fused-ring (bicyclic) bond motifs is 1. The third kappa shape index (κ3) is 3.23. The number of nitrogens with zero attached hydrogens (tertiary/aromatic N) is 2. The Kier molecular flexibility index (Phi) is 4.47. The molecular weight excluding hydrogens is 300 g/mol. The van der Waals surface area contributed by atoms with Crippen LogP contribution in [0.5, 0.6) is 5.75 Å². The van der Waals surface area contributed by atoms with E-state index in [1.165, 1.54) is 4.90 Å². The van der Waals surface area contributed by atoms with E-state index in [0.29, 0.717) is 5.75 Å². The van der Waals surface area contributed by atoms with Crippen molar-refractivity contribution in [3.63, 3.8) is 0 Å². The summed E-state index contributed by atoms with van der Waals surface area (Å²) in [5.41, 5.74) is 2.13. The van der Waals surface area contributed by atoms with Gasteiger partial charge in [0.2, 0.25) is 0 Å². The van der Waals surface area contributed by atoms with Gasteiger partial charge in [0.05, 0.1) is 0 Å². The molecule has 1 aromatic heterocycles. The molecule has 0 N–H and O–H groups in total. The van der Waals surface area contributed by atoms with Crippen molar-refractivity contribution in [3.8, 4) is 16.9 Å². The third-order valence-electron chi connectivity index (χ3n) is 3.93. The molecule has 122 valence electrons. The lowest BCUT2D eigenvalue weighted by Gasteiger charge is -2.19. The standard InChI is InChI=1S/C20H20N2O2/c1-14(20(23)22(2)3)24-17-12-16-6-4-5-7-18(16)19(13-17)15-8-10-21-11-9-15/h4-14H,1-3H3. The van der Waals surface area contributed by atoms with Crippen LogP contribution < -0.4 is 4.74 Å². The maximum absolute atomic E-state index is 12.1. The Morgan fingerprint density at radius 1 is 1.08 bits per heavy atom. The summed E-state index contributed by atoms with van der Waals surface area (Å²) in [6, 6.07) is 16.0. The highest BCUT2D eigenvalue weighted by Crippen LogP contribution is 2.33. The van der Waals surface area contributed by atoms with Crippen LogP contribution >= 0.6 is 0 Å². The van der Waals surface area contributed by atoms with Crippen molar-refractivity contribution in [1.82, 2.24) is 9.88 Å². The molecule has 0 aliphatic heterocycles. The number of carbonyl (C=O) groups excluding carboxylic acids is 1. The van der Waals surface area contributed by atoms with Gasteiger partial charge in [-0.3, -0.25) is 9.78 Å². The molecule has 0 spiro atoms. The second-order valence-electron chi connectivity index (χ2n) is 5.92. The van der Waals surface area contributed by atoms with Gasteiger partial charge in [-0.25, -0.2) is 0 Å². The molecule has 1 atom stereocenters. The average Bonchev–Trinajstić information content (AvgIpc) is 2.61. The van der Waals surface area contributed by atoms with Crippen LogP contribution in [0, 0.1) is 0 Å². The summed E-state index contributed by atoms with van der Waals surface area (Å²) in [4.78, 5) is 17.7. The van der Waals surface area contributed by atoms with Gasteiger partial charge in [0.15, 0.2) is 6.10 Å². The summed E-state index contributed by atoms with van der Waals surface area (Å²) in [5, 5.41) is 2.22. The molecule has 1 unspecified atom stereocenters. The van der Waals surface area contributed by atoms with Gasteiger partial charge in [0.1, 0.15) is 5.75 Å². The van der Waals surface area contributed by atoms with Gasteiger partial charge in [0.25, 0.3) is 5.91 Å². The van der Waals surface area contributed by atoms with Gasteiger partial charge in [-0.05, 0) is 53.1 Å². The summed E-state index contributed by atoms with van der Waals surface area (Å²) in [6.07, 6.45) is 3.01. The van der Waals surface area contributed by atoms with Crippen molar-refractivity contribution in [1.29, 1.82) is 0 Å². The van der Waals surface area contributed by atoms with Crippen LogP contribution in [-0.4, -0.2) is 36.0 Å². The highest BCUT2D eigenvalue weighted by molar-refractivity contribution is 5.97. The van der Waals surface area contributed by atoms with Crippen molar-refractivity contribution in [2.75, 3.05) is 14.1 Å². The van der Waals surface area contributed by atoms with E-state index in [2.05, 4.69) is 11.1 Å². The predicted octanol–water partition coefficient (Wildman–Crippen LogP) is 3.76. The molecule has 2 aromatic carbocycles. The maximum Gasteiger partial charge on any atom is 0.262 e. The van der Waals surface area contributed by atoms with E-state index in [9.17, 15) is 4.79 Å². The van der Waals surface area contributed by atoms with E-state index < -0.39 is 6.10 Å². The van der Waals surface area contributed by atoms with Gasteiger partial charge >= 0.3 is 0 Å². The first kappa shape index (κ1) is 16.0. The zero-order valence-corrected chi connectivity index (χ0v) is 14.1. The van der Waals surface area contributed by atoms with Crippen LogP contribution in [0.1, 0.15) is 6.92 Å². The Balaban J connectivity index is 2.06. The maximum atomic E-state index is 12.1. The van der Waals surface area contributed by atoms with Crippen LogP contribution in [0.3, 0.4) is 0 Å². The first-order valence-electron chi connectivity index (χ1n) is 7.87. The monoisotopic (exact) mass is 320 g/mol. The molecule has 3 aromatic rings. The van der Waals surface area contributed by atoms with Gasteiger partial charge < -0.3 is 9.64 Å². The topological polar surface area (TPSA) is 42.4 Å². The van der Waals surface area contributed by atoms with Crippen molar-refractivity contribution >= 4 is 16.7 Å². The van der Waals surface area contributed by atoms with E-state index in [4.69, 9.17) is 4.74 Å². The largest absolute Gasteiger partial charge is 0.481 e. The number of aromatic nitrogens is 1. The zero-order valence-electron chi connectivity index (χ0n) is 14.1. The summed E-state index contributed by atoms with van der Waals surface area (Å²) in [7, 11) is 3.45. The zero-order chi connectivity index (χ0) is 17.1. The summed E-state index contributed by atoms with van der Waals surface area (Å²) in [6.45, 7) is 1.77. The number of benzene rings is 2. The molecule has 4 heteroatoms. The lowest BCUT2D eigenvalue weighted by atomic mass is 9.98. The number of amides is 1. The molecule has 0 fully saturated rings. The van der Waals surface area contributed by atoms with E-state index in [1.807, 2.05) is 42.5 Å². The van der Waals surface area contributed by atoms with Gasteiger partial charge in [-0.1, -0.05) is 24.3 Å². The van der Waals surface area contributed by atoms with Gasteiger partial charge in [-0.15, -0.1) is 0 Å². The Morgan fingerprint density at radius 2 is 1.79 bits per heavy atom. The summed E-state index contributed by atoms with van der Waals surface area (Å²) in [5.74, 6) is 0.622. The van der Waals surface area contributed by atoms with Crippen LogP contribution in [0.25, 0.3) is 21.9 Å². The highest BCUT2D eigenvalue weighted by atomic mass is 16.5. The van der Waals surface area contributed by atoms with Crippen molar-refractivity contribution in [3.05, 3.63) is 60.9 Å². The fraction of sp³-hybridized carbons (Fsp3) is 0.200. The average molecular weight is 320 g/mol. The number of hydrogen-bond acceptors (Lipinski definition) is 3. The summed E-state index contributed by atoms with van der Waals surface area (Å²) < 4.78 is 5.90. The minimum atomic E-state index is -0.536. The minimum Gasteiger partial charge on any atom is -0.481 e. The highest BCUT2D eigenvalue weighted by Gasteiger charge is 2.17. The Labute approximate surface area is 141 Å². The van der Waals surface area contributed by atoms with E-state index >= 15 is 0 Å². The van der Waals surface area contributed by atoms with Crippen LogP contribution in [0.15, 0.2) is 60.9 Å². The molecule has 3 rings (SSSR count). The molecule has 0 radical (unpaired) electrons. The molecule has 1 heterocycles. The van der Waals surface area contributed by atoms with Crippen LogP contribution in [0.2, 0.25) is 0 Å². The van der Waals surface area contributed by atoms with Gasteiger partial charge in [-0.2, -0.15) is 0 Å². The van der Waals surface area contributed by atoms with Crippen molar-refractivity contribution in [2.24, 2.45) is 0 Å². The van der Waals surface area contributed by atoms with Crippen LogP contribution in [-0.2, 0) is 4.79 Å². The van der Waals surface area contributed by atoms with E-state index in [1.54, 1.807) is 33.4 Å². The lowest BCUT2D eigenvalue weighted by Crippen LogP contribution is -2.35. The number of pyridine rings is 1. The minimum absolute atomic E-state index is 0.0615. The first-order chi connectivity index (χ1) is 11.6. The van der Waals surface area contributed by atoms with E-state index in [-0.39, 0.29) is 5.91 Å². The fourth-order valence-electron chi connectivity index (χ4n) is 2.74. The van der Waals surface area contributed by atoms with Gasteiger partial charge in [0, 0.05) is 26.5 Å². The fourth-order valence-corrected chi connectivity index (χ4v) is 2.74. The molecule has 0 saturated heterocycles. The molecule has 0 aliphatic rings. The Morgan fingerprint density at radius 3 is 2.50 bits per heavy atom. The SMILES string of the molecule is CC(Oc1cc(-c2ccncc2)c2ccccc2c1)C(=O)N(C)C. The normalized spacial score (nSPS) is 12.0. The number of likely N-dealkylation sites (N-methyl/N-ethyl adjacent to an activating group) is 1. The number of rotatable bonds is 4. The Hall–Kier alpha value is -2.88. The molecular formula is C20H20N2O2. The number of ether oxygens (including phenoxy) is 1. The Bertz CT molecular complexity index is 860. The first-order valence-corrected chi connectivity index (χ1v) is 7.87.